The Morgan fingerprint density at radius 2 is 2.29 bits per heavy atom. The summed E-state index contributed by atoms with van der Waals surface area (Å²) in [5.41, 5.74) is 2.96. The third kappa shape index (κ3) is 1.35. The number of hydrogen-bond donors (Lipinski definition) is 0. The number of halogens is 1. The van der Waals surface area contributed by atoms with Crippen molar-refractivity contribution in [2.45, 2.75) is 6.92 Å². The molecule has 0 radical (unpaired) electrons. The molecule has 2 aromatic rings. The normalized spacial score (nSPS) is 10.8. The van der Waals surface area contributed by atoms with Crippen molar-refractivity contribution in [1.82, 2.24) is 14.8 Å². The van der Waals surface area contributed by atoms with Gasteiger partial charge in [-0.15, -0.1) is 0 Å². The minimum atomic E-state index is 0.820. The number of allylic oxidation sites excluding steroid dienone is 1. The van der Waals surface area contributed by atoms with E-state index in [2.05, 4.69) is 32.6 Å². The largest absolute Gasteiger partial charge is 0.267 e. The van der Waals surface area contributed by atoms with Gasteiger partial charge in [0.05, 0.1) is 11.9 Å². The Labute approximate surface area is 90.6 Å². The van der Waals surface area contributed by atoms with Crippen LogP contribution in [0.25, 0.3) is 16.5 Å². The second-order valence-corrected chi connectivity index (χ2v) is 4.09. The third-order valence-corrected chi connectivity index (χ3v) is 2.52. The van der Waals surface area contributed by atoms with Gasteiger partial charge >= 0.3 is 0 Å². The van der Waals surface area contributed by atoms with E-state index in [0.29, 0.717) is 0 Å². The van der Waals surface area contributed by atoms with Gasteiger partial charge < -0.3 is 0 Å². The summed E-state index contributed by atoms with van der Waals surface area (Å²) in [5, 5.41) is 5.43. The Hall–Kier alpha value is -1.16. The van der Waals surface area contributed by atoms with Gasteiger partial charge in [0, 0.05) is 12.4 Å². The Morgan fingerprint density at radius 3 is 2.93 bits per heavy atom. The Balaban J connectivity index is 2.86. The van der Waals surface area contributed by atoms with Crippen molar-refractivity contribution >= 4 is 32.4 Å². The number of pyridine rings is 1. The predicted molar refractivity (Wildman–Crippen MR) is 60.9 cm³/mol. The van der Waals surface area contributed by atoms with Crippen molar-refractivity contribution in [3.05, 3.63) is 29.1 Å². The van der Waals surface area contributed by atoms with Gasteiger partial charge in [0.1, 0.15) is 10.1 Å². The van der Waals surface area contributed by atoms with Gasteiger partial charge in [0.25, 0.3) is 0 Å². The molecule has 0 amide bonds. The summed E-state index contributed by atoms with van der Waals surface area (Å²) < 4.78 is 2.65. The molecule has 0 aliphatic heterocycles. The standard InChI is InChI=1S/C10H10BrN3/c1-6(2)10-7-4-9(11)12-5-8(7)13-14(10)3/h4-5H,1H2,2-3H3. The van der Waals surface area contributed by atoms with Gasteiger partial charge in [-0.25, -0.2) is 4.98 Å². The molecule has 2 rings (SSSR count). The number of aromatic nitrogens is 3. The van der Waals surface area contributed by atoms with Crippen LogP contribution in [0.4, 0.5) is 0 Å². The van der Waals surface area contributed by atoms with Gasteiger partial charge in [-0.3, -0.25) is 4.68 Å². The fourth-order valence-electron chi connectivity index (χ4n) is 1.58. The molecule has 0 saturated carbocycles. The number of nitrogens with zero attached hydrogens (tertiary/aromatic N) is 3. The first-order valence-electron chi connectivity index (χ1n) is 4.23. The number of hydrogen-bond acceptors (Lipinski definition) is 2. The van der Waals surface area contributed by atoms with Crippen LogP contribution in [0.15, 0.2) is 23.4 Å². The zero-order chi connectivity index (χ0) is 10.3. The number of aryl methyl sites for hydroxylation is 1. The molecule has 0 saturated heterocycles. The fourth-order valence-corrected chi connectivity index (χ4v) is 1.92. The van der Waals surface area contributed by atoms with Crippen molar-refractivity contribution in [3.8, 4) is 0 Å². The van der Waals surface area contributed by atoms with Crippen LogP contribution in [-0.2, 0) is 7.05 Å². The van der Waals surface area contributed by atoms with E-state index in [1.807, 2.05) is 24.7 Å². The second kappa shape index (κ2) is 3.20. The molecule has 4 heteroatoms. The minimum absolute atomic E-state index is 0.820. The SMILES string of the molecule is C=C(C)c1c2cc(Br)ncc2nn1C. The first-order valence-corrected chi connectivity index (χ1v) is 5.03. The van der Waals surface area contributed by atoms with Crippen LogP contribution < -0.4 is 0 Å². The van der Waals surface area contributed by atoms with E-state index in [0.717, 1.165) is 26.8 Å². The van der Waals surface area contributed by atoms with Crippen LogP contribution in [-0.4, -0.2) is 14.8 Å². The summed E-state index contributed by atoms with van der Waals surface area (Å²) in [4.78, 5) is 4.13. The highest BCUT2D eigenvalue weighted by atomic mass is 79.9. The zero-order valence-corrected chi connectivity index (χ0v) is 9.67. The molecular weight excluding hydrogens is 242 g/mol. The van der Waals surface area contributed by atoms with Crippen LogP contribution in [0.1, 0.15) is 12.6 Å². The maximum absolute atomic E-state index is 4.35. The highest BCUT2D eigenvalue weighted by Gasteiger charge is 2.09. The number of fused-ring (bicyclic) bond motifs is 1. The number of rotatable bonds is 1. The molecule has 0 aliphatic rings. The maximum Gasteiger partial charge on any atom is 0.111 e. The van der Waals surface area contributed by atoms with E-state index in [9.17, 15) is 0 Å². The molecule has 0 bridgehead atoms. The van der Waals surface area contributed by atoms with Crippen molar-refractivity contribution in [1.29, 1.82) is 0 Å². The molecule has 2 aromatic heterocycles. The Kier molecular flexibility index (Phi) is 2.15. The lowest BCUT2D eigenvalue weighted by Gasteiger charge is -1.99. The quantitative estimate of drug-likeness (QED) is 0.730. The lowest BCUT2D eigenvalue weighted by molar-refractivity contribution is 0.767. The molecule has 14 heavy (non-hydrogen) atoms. The molecule has 0 atom stereocenters. The van der Waals surface area contributed by atoms with Crippen LogP contribution in [0, 0.1) is 0 Å². The molecule has 0 aromatic carbocycles. The fraction of sp³-hybridized carbons (Fsp3) is 0.200. The first kappa shape index (κ1) is 9.40. The summed E-state index contributed by atoms with van der Waals surface area (Å²) >= 11 is 3.35. The summed E-state index contributed by atoms with van der Waals surface area (Å²) in [7, 11) is 1.91. The predicted octanol–water partition coefficient (Wildman–Crippen LogP) is 2.76. The van der Waals surface area contributed by atoms with Crippen LogP contribution in [0.2, 0.25) is 0 Å². The topological polar surface area (TPSA) is 30.7 Å². The lowest BCUT2D eigenvalue weighted by Crippen LogP contribution is -1.94. The van der Waals surface area contributed by atoms with Crippen molar-refractivity contribution in [2.24, 2.45) is 7.05 Å². The summed E-state index contributed by atoms with van der Waals surface area (Å²) in [6, 6.07) is 1.96. The molecule has 0 unspecified atom stereocenters. The van der Waals surface area contributed by atoms with Crippen molar-refractivity contribution < 1.29 is 0 Å². The Morgan fingerprint density at radius 1 is 1.57 bits per heavy atom. The van der Waals surface area contributed by atoms with Crippen LogP contribution >= 0.6 is 15.9 Å². The minimum Gasteiger partial charge on any atom is -0.267 e. The zero-order valence-electron chi connectivity index (χ0n) is 8.08. The van der Waals surface area contributed by atoms with E-state index < -0.39 is 0 Å². The third-order valence-electron chi connectivity index (χ3n) is 2.09. The Bertz CT molecular complexity index is 513. The van der Waals surface area contributed by atoms with E-state index in [1.165, 1.54) is 0 Å². The second-order valence-electron chi connectivity index (χ2n) is 3.28. The molecule has 3 nitrogen and oxygen atoms in total. The molecule has 72 valence electrons. The van der Waals surface area contributed by atoms with Crippen LogP contribution in [0.3, 0.4) is 0 Å². The summed E-state index contributed by atoms with van der Waals surface area (Å²) in [6.07, 6.45) is 1.76. The molecule has 2 heterocycles. The summed E-state index contributed by atoms with van der Waals surface area (Å²) in [6.45, 7) is 5.92. The van der Waals surface area contributed by atoms with Gasteiger partial charge in [-0.1, -0.05) is 6.58 Å². The van der Waals surface area contributed by atoms with E-state index >= 15 is 0 Å². The average Bonchev–Trinajstić information content (AvgIpc) is 2.40. The van der Waals surface area contributed by atoms with Gasteiger partial charge in [-0.2, -0.15) is 5.10 Å². The van der Waals surface area contributed by atoms with Crippen molar-refractivity contribution in [3.63, 3.8) is 0 Å². The van der Waals surface area contributed by atoms with E-state index in [1.54, 1.807) is 6.20 Å². The van der Waals surface area contributed by atoms with Crippen molar-refractivity contribution in [2.75, 3.05) is 0 Å². The highest BCUT2D eigenvalue weighted by molar-refractivity contribution is 9.10. The average molecular weight is 252 g/mol. The molecule has 0 N–H and O–H groups in total. The van der Waals surface area contributed by atoms with E-state index in [-0.39, 0.29) is 0 Å². The molecule has 0 fully saturated rings. The molecule has 0 aliphatic carbocycles. The summed E-state index contributed by atoms with van der Waals surface area (Å²) in [5.74, 6) is 0. The monoisotopic (exact) mass is 251 g/mol. The smallest absolute Gasteiger partial charge is 0.111 e. The highest BCUT2D eigenvalue weighted by Crippen LogP contribution is 2.24. The van der Waals surface area contributed by atoms with Crippen LogP contribution in [0.5, 0.6) is 0 Å². The van der Waals surface area contributed by atoms with Gasteiger partial charge in [0.15, 0.2) is 0 Å². The first-order chi connectivity index (χ1) is 6.59. The van der Waals surface area contributed by atoms with Gasteiger partial charge in [-0.05, 0) is 34.5 Å². The lowest BCUT2D eigenvalue weighted by atomic mass is 10.1. The van der Waals surface area contributed by atoms with E-state index in [4.69, 9.17) is 0 Å². The maximum atomic E-state index is 4.35. The van der Waals surface area contributed by atoms with Gasteiger partial charge in [0.2, 0.25) is 0 Å². The molecular formula is C10H10BrN3. The molecule has 0 spiro atoms.